The van der Waals surface area contributed by atoms with Crippen molar-refractivity contribution in [2.45, 2.75) is 41.5 Å². The van der Waals surface area contributed by atoms with Crippen molar-refractivity contribution in [3.8, 4) is 5.95 Å². The van der Waals surface area contributed by atoms with Crippen LogP contribution in [0.2, 0.25) is 0 Å². The minimum atomic E-state index is -3.99. The fourth-order valence-electron chi connectivity index (χ4n) is 6.59. The number of carbonyl (C=O) groups excluding carboxylic acids is 2. The smallest absolute Gasteiger partial charge is 0.324 e. The molecule has 0 bridgehead atoms. The summed E-state index contributed by atoms with van der Waals surface area (Å²) in [6.45, 7) is -0.373. The summed E-state index contributed by atoms with van der Waals surface area (Å²) in [5.74, 6) is -0.201. The van der Waals surface area contributed by atoms with Crippen LogP contribution in [0.25, 0.3) is 17.1 Å². The van der Waals surface area contributed by atoms with Crippen LogP contribution in [0.1, 0.15) is 29.5 Å². The second kappa shape index (κ2) is 15.6. The molecule has 0 spiro atoms. The van der Waals surface area contributed by atoms with Crippen molar-refractivity contribution >= 4 is 50.4 Å². The van der Waals surface area contributed by atoms with Gasteiger partial charge in [-0.3, -0.25) is 14.7 Å². The SMILES string of the molecule is NS(=O)(=O)c1cccc(NC(=O)Nc2cn(-c3nc(NCC(c4ccccc4)c4ccccc4)c4ncn([C@@H]5C[C@H](NC(=O)CO)[C@@H](O)[C@H]5O)c4n3)cn2)c1. The van der Waals surface area contributed by atoms with E-state index in [1.807, 2.05) is 60.7 Å². The first-order chi connectivity index (χ1) is 26.5. The van der Waals surface area contributed by atoms with Crippen molar-refractivity contribution < 1.29 is 33.3 Å². The predicted molar refractivity (Wildman–Crippen MR) is 201 cm³/mol. The Morgan fingerprint density at radius 3 is 2.27 bits per heavy atom. The number of carbonyl (C=O) groups is 2. The average Bonchev–Trinajstić information content (AvgIpc) is 3.90. The van der Waals surface area contributed by atoms with E-state index in [0.717, 1.165) is 11.1 Å². The second-order valence-electron chi connectivity index (χ2n) is 12.9. The number of anilines is 3. The fraction of sp³-hybridized carbons (Fsp3) is 0.222. The molecule has 7 rings (SSSR count). The van der Waals surface area contributed by atoms with Gasteiger partial charge in [-0.1, -0.05) is 66.7 Å². The number of nitrogens with one attached hydrogen (secondary N) is 4. The summed E-state index contributed by atoms with van der Waals surface area (Å²) in [6, 6.07) is 23.1. The highest BCUT2D eigenvalue weighted by atomic mass is 32.2. The van der Waals surface area contributed by atoms with E-state index in [4.69, 9.17) is 15.1 Å². The number of primary sulfonamides is 1. The molecule has 1 fully saturated rings. The number of hydrogen-bond donors (Lipinski definition) is 8. The molecule has 3 aromatic carbocycles. The molecule has 19 heteroatoms. The summed E-state index contributed by atoms with van der Waals surface area (Å²) in [5, 5.41) is 47.5. The second-order valence-corrected chi connectivity index (χ2v) is 14.4. The minimum absolute atomic E-state index is 0.0890. The fourth-order valence-corrected chi connectivity index (χ4v) is 7.15. The van der Waals surface area contributed by atoms with Gasteiger partial charge in [0.25, 0.3) is 0 Å². The van der Waals surface area contributed by atoms with E-state index in [0.29, 0.717) is 23.5 Å². The Bertz CT molecular complexity index is 2390. The number of aliphatic hydroxyl groups is 3. The third-order valence-corrected chi connectivity index (χ3v) is 10.2. The van der Waals surface area contributed by atoms with Gasteiger partial charge in [-0.25, -0.2) is 28.3 Å². The van der Waals surface area contributed by atoms with Gasteiger partial charge in [-0.2, -0.15) is 9.97 Å². The molecule has 9 N–H and O–H groups in total. The van der Waals surface area contributed by atoms with Crippen LogP contribution in [0.15, 0.2) is 109 Å². The number of aliphatic hydroxyl groups excluding tert-OH is 3. The lowest BCUT2D eigenvalue weighted by Gasteiger charge is -2.20. The Kier molecular flexibility index (Phi) is 10.5. The van der Waals surface area contributed by atoms with Crippen LogP contribution >= 0.6 is 0 Å². The van der Waals surface area contributed by atoms with Gasteiger partial charge in [0.05, 0.1) is 29.5 Å². The first-order valence-electron chi connectivity index (χ1n) is 17.1. The topological polar surface area (TPSA) is 265 Å². The molecule has 6 aromatic rings. The Labute approximate surface area is 314 Å². The van der Waals surface area contributed by atoms with E-state index in [9.17, 15) is 33.3 Å². The van der Waals surface area contributed by atoms with Crippen molar-refractivity contribution in [1.29, 1.82) is 0 Å². The monoisotopic (exact) mass is 767 g/mol. The molecule has 0 saturated heterocycles. The number of rotatable bonds is 12. The molecule has 0 unspecified atom stereocenters. The van der Waals surface area contributed by atoms with Crippen molar-refractivity contribution in [1.82, 2.24) is 34.4 Å². The quantitative estimate of drug-likeness (QED) is 0.0885. The summed E-state index contributed by atoms with van der Waals surface area (Å²) in [5.41, 5.74) is 2.98. The van der Waals surface area contributed by atoms with Crippen LogP contribution in [0.4, 0.5) is 22.1 Å². The van der Waals surface area contributed by atoms with Crippen molar-refractivity contribution in [3.05, 3.63) is 115 Å². The standard InChI is InChI=1S/C36H37N11O7S/c37-55(53,54)24-13-7-12-23(14-24)41-36(52)43-28-17-46(19-39-28)35-44-33(38-16-25(21-8-3-1-4-9-21)22-10-5-2-6-11-22)30-34(45-35)47(20-40-30)27-15-26(31(50)32(27)51)42-29(49)18-48/h1-14,17,19-20,25-27,31-32,48,50-51H,15-16,18H2,(H,42,49)(H2,37,53,54)(H,38,44,45)(H2,41,43,52)/t26-,27+,31+,32-/m0/s1. The van der Waals surface area contributed by atoms with E-state index in [1.165, 1.54) is 47.7 Å². The molecule has 3 amide bonds. The molecule has 1 saturated carbocycles. The zero-order valence-corrected chi connectivity index (χ0v) is 29.8. The molecule has 4 atom stereocenters. The molecule has 0 aliphatic heterocycles. The summed E-state index contributed by atoms with van der Waals surface area (Å²) in [4.78, 5) is 43.0. The zero-order chi connectivity index (χ0) is 38.7. The molecule has 3 heterocycles. The van der Waals surface area contributed by atoms with Gasteiger partial charge in [0.15, 0.2) is 22.8 Å². The zero-order valence-electron chi connectivity index (χ0n) is 29.0. The van der Waals surface area contributed by atoms with Crippen LogP contribution in [0.3, 0.4) is 0 Å². The number of urea groups is 1. The van der Waals surface area contributed by atoms with Crippen molar-refractivity contribution in [2.75, 3.05) is 29.1 Å². The maximum atomic E-state index is 12.8. The van der Waals surface area contributed by atoms with Crippen LogP contribution < -0.4 is 26.4 Å². The van der Waals surface area contributed by atoms with Crippen LogP contribution in [-0.2, 0) is 14.8 Å². The lowest BCUT2D eigenvalue weighted by atomic mass is 9.91. The van der Waals surface area contributed by atoms with Gasteiger partial charge in [-0.15, -0.1) is 0 Å². The molecule has 284 valence electrons. The molecule has 1 aliphatic carbocycles. The van der Waals surface area contributed by atoms with E-state index >= 15 is 0 Å². The molecular formula is C36H37N11O7S. The van der Waals surface area contributed by atoms with Gasteiger partial charge in [0, 0.05) is 18.2 Å². The Hall–Kier alpha value is -6.25. The van der Waals surface area contributed by atoms with Crippen molar-refractivity contribution in [2.24, 2.45) is 5.14 Å². The Morgan fingerprint density at radius 2 is 1.60 bits per heavy atom. The van der Waals surface area contributed by atoms with E-state index < -0.39 is 52.9 Å². The van der Waals surface area contributed by atoms with Gasteiger partial charge >= 0.3 is 6.03 Å². The van der Waals surface area contributed by atoms with E-state index in [-0.39, 0.29) is 34.7 Å². The van der Waals surface area contributed by atoms with Crippen LogP contribution in [-0.4, -0.2) is 96.1 Å². The van der Waals surface area contributed by atoms with Crippen molar-refractivity contribution in [3.63, 3.8) is 0 Å². The summed E-state index contributed by atoms with van der Waals surface area (Å²) in [7, 11) is -3.99. The molecule has 3 aromatic heterocycles. The number of benzene rings is 3. The van der Waals surface area contributed by atoms with E-state index in [1.54, 1.807) is 4.57 Å². The van der Waals surface area contributed by atoms with Gasteiger partial charge < -0.3 is 35.8 Å². The number of nitrogens with zero attached hydrogens (tertiary/aromatic N) is 6. The highest BCUT2D eigenvalue weighted by molar-refractivity contribution is 7.89. The average molecular weight is 768 g/mol. The van der Waals surface area contributed by atoms with Gasteiger partial charge in [0.2, 0.25) is 21.9 Å². The molecule has 0 radical (unpaired) electrons. The normalized spacial score (nSPS) is 18.3. The van der Waals surface area contributed by atoms with Gasteiger partial charge in [0.1, 0.15) is 25.1 Å². The Balaban J connectivity index is 1.21. The third kappa shape index (κ3) is 8.15. The number of sulfonamides is 1. The predicted octanol–water partition coefficient (Wildman–Crippen LogP) is 1.69. The highest BCUT2D eigenvalue weighted by Crippen LogP contribution is 2.35. The molecule has 55 heavy (non-hydrogen) atoms. The number of hydrogen-bond acceptors (Lipinski definition) is 12. The van der Waals surface area contributed by atoms with Crippen LogP contribution in [0, 0.1) is 0 Å². The number of fused-ring (bicyclic) bond motifs is 1. The van der Waals surface area contributed by atoms with E-state index in [2.05, 4.69) is 31.2 Å². The number of aromatic nitrogens is 6. The van der Waals surface area contributed by atoms with Crippen LogP contribution in [0.5, 0.6) is 0 Å². The van der Waals surface area contributed by atoms with Gasteiger partial charge in [-0.05, 0) is 35.7 Å². The first kappa shape index (κ1) is 37.1. The Morgan fingerprint density at radius 1 is 0.891 bits per heavy atom. The summed E-state index contributed by atoms with van der Waals surface area (Å²) >= 11 is 0. The lowest BCUT2D eigenvalue weighted by Crippen LogP contribution is -2.44. The largest absolute Gasteiger partial charge is 0.388 e. The molecule has 1 aliphatic rings. The molecule has 18 nitrogen and oxygen atoms in total. The summed E-state index contributed by atoms with van der Waals surface area (Å²) in [6.07, 6.45) is 1.80. The number of imidazole rings is 2. The highest BCUT2D eigenvalue weighted by Gasteiger charge is 2.44. The first-order valence-corrected chi connectivity index (χ1v) is 18.6. The third-order valence-electron chi connectivity index (χ3n) is 9.26. The maximum absolute atomic E-state index is 12.8. The summed E-state index contributed by atoms with van der Waals surface area (Å²) < 4.78 is 26.6. The lowest BCUT2D eigenvalue weighted by molar-refractivity contribution is -0.125. The maximum Gasteiger partial charge on any atom is 0.324 e. The minimum Gasteiger partial charge on any atom is -0.388 e. The number of amides is 3. The molecular weight excluding hydrogens is 731 g/mol. The number of nitrogens with two attached hydrogens (primary N) is 1.